The number of rotatable bonds is 9. The van der Waals surface area contributed by atoms with Crippen LogP contribution in [0, 0.1) is 0 Å². The largest absolute Gasteiger partial charge is 0.493 e. The number of morpholine rings is 1. The monoisotopic (exact) mass is 488 g/mol. The predicted octanol–water partition coefficient (Wildman–Crippen LogP) is 3.03. The standard InChI is InChI=1S/C23H24N2O6S2/c1-29-21-4-2-3-5-22(21)31-15-18(26)14-23-24-20(16-32-23)17-6-8-19(9-7-17)33(27,28)25-10-12-30-13-11-25/h2-9,16H,10-15H2,1H3. The average molecular weight is 489 g/mol. The van der Waals surface area contributed by atoms with Crippen LogP contribution in [0.15, 0.2) is 58.8 Å². The van der Waals surface area contributed by atoms with Crippen molar-refractivity contribution < 1.29 is 27.4 Å². The number of ketones is 1. The number of aromatic nitrogens is 1. The molecule has 0 radical (unpaired) electrons. The van der Waals surface area contributed by atoms with Gasteiger partial charge in [-0.05, 0) is 24.3 Å². The molecule has 174 valence electrons. The van der Waals surface area contributed by atoms with Crippen molar-refractivity contribution in [3.05, 3.63) is 58.9 Å². The first kappa shape index (κ1) is 23.4. The lowest BCUT2D eigenvalue weighted by molar-refractivity contribution is -0.120. The summed E-state index contributed by atoms with van der Waals surface area (Å²) in [6.45, 7) is 1.44. The molecular weight excluding hydrogens is 464 g/mol. The number of methoxy groups -OCH3 is 1. The first-order valence-electron chi connectivity index (χ1n) is 10.4. The Morgan fingerprint density at radius 1 is 1.09 bits per heavy atom. The summed E-state index contributed by atoms with van der Waals surface area (Å²) in [5.74, 6) is 0.981. The molecule has 0 N–H and O–H groups in total. The van der Waals surface area contributed by atoms with Gasteiger partial charge in [0.05, 0.1) is 37.3 Å². The maximum absolute atomic E-state index is 12.8. The van der Waals surface area contributed by atoms with Crippen molar-refractivity contribution in [2.24, 2.45) is 0 Å². The molecule has 10 heteroatoms. The third-order valence-corrected chi connectivity index (χ3v) is 7.88. The summed E-state index contributed by atoms with van der Waals surface area (Å²) in [6.07, 6.45) is 0.156. The maximum atomic E-state index is 12.8. The van der Waals surface area contributed by atoms with Crippen molar-refractivity contribution >= 4 is 27.1 Å². The van der Waals surface area contributed by atoms with Crippen LogP contribution in [0.1, 0.15) is 5.01 Å². The van der Waals surface area contributed by atoms with Gasteiger partial charge in [-0.3, -0.25) is 4.79 Å². The zero-order valence-electron chi connectivity index (χ0n) is 18.1. The van der Waals surface area contributed by atoms with E-state index in [4.69, 9.17) is 14.2 Å². The highest BCUT2D eigenvalue weighted by molar-refractivity contribution is 7.89. The Morgan fingerprint density at radius 2 is 1.79 bits per heavy atom. The molecule has 0 bridgehead atoms. The molecule has 2 heterocycles. The van der Waals surface area contributed by atoms with E-state index in [1.165, 1.54) is 15.6 Å². The summed E-state index contributed by atoms with van der Waals surface area (Å²) in [7, 11) is -1.99. The van der Waals surface area contributed by atoms with Gasteiger partial charge in [0.25, 0.3) is 0 Å². The van der Waals surface area contributed by atoms with Crippen molar-refractivity contribution in [3.8, 4) is 22.8 Å². The molecular formula is C23H24N2O6S2. The van der Waals surface area contributed by atoms with Crippen molar-refractivity contribution in [1.29, 1.82) is 0 Å². The summed E-state index contributed by atoms with van der Waals surface area (Å²) in [5.41, 5.74) is 1.49. The highest BCUT2D eigenvalue weighted by atomic mass is 32.2. The number of para-hydroxylation sites is 2. The first-order chi connectivity index (χ1) is 16.0. The molecule has 1 aromatic heterocycles. The molecule has 0 amide bonds. The lowest BCUT2D eigenvalue weighted by Crippen LogP contribution is -2.40. The molecule has 33 heavy (non-hydrogen) atoms. The third-order valence-electron chi connectivity index (χ3n) is 5.12. The second-order valence-corrected chi connectivity index (χ2v) is 10.2. The number of Topliss-reactive ketones (excluding diaryl/α,β-unsaturated/α-hetero) is 1. The lowest BCUT2D eigenvalue weighted by Gasteiger charge is -2.26. The number of hydrogen-bond acceptors (Lipinski definition) is 8. The molecule has 8 nitrogen and oxygen atoms in total. The lowest BCUT2D eigenvalue weighted by atomic mass is 10.2. The molecule has 0 atom stereocenters. The van der Waals surface area contributed by atoms with Gasteiger partial charge in [0.15, 0.2) is 17.3 Å². The molecule has 0 unspecified atom stereocenters. The van der Waals surface area contributed by atoms with Crippen LogP contribution in [0.25, 0.3) is 11.3 Å². The van der Waals surface area contributed by atoms with Crippen molar-refractivity contribution in [3.63, 3.8) is 0 Å². The Hall–Kier alpha value is -2.79. The van der Waals surface area contributed by atoms with E-state index in [2.05, 4.69) is 4.98 Å². The molecule has 1 saturated heterocycles. The van der Waals surface area contributed by atoms with Gasteiger partial charge in [-0.15, -0.1) is 11.3 Å². The molecule has 0 spiro atoms. The minimum Gasteiger partial charge on any atom is -0.493 e. The Bertz CT molecular complexity index is 1200. The number of sulfonamides is 1. The van der Waals surface area contributed by atoms with Gasteiger partial charge in [0.2, 0.25) is 10.0 Å². The van der Waals surface area contributed by atoms with E-state index in [1.54, 1.807) is 43.5 Å². The Labute approximate surface area is 196 Å². The summed E-state index contributed by atoms with van der Waals surface area (Å²) >= 11 is 1.38. The number of benzene rings is 2. The fourth-order valence-corrected chi connectivity index (χ4v) is 5.61. The van der Waals surface area contributed by atoms with Crippen molar-refractivity contribution in [2.75, 3.05) is 40.0 Å². The van der Waals surface area contributed by atoms with Crippen LogP contribution in [0.5, 0.6) is 11.5 Å². The second-order valence-electron chi connectivity index (χ2n) is 7.32. The molecule has 2 aromatic carbocycles. The van der Waals surface area contributed by atoms with Gasteiger partial charge < -0.3 is 14.2 Å². The van der Waals surface area contributed by atoms with Gasteiger partial charge in [-0.25, -0.2) is 13.4 Å². The van der Waals surface area contributed by atoms with E-state index in [1.807, 2.05) is 17.5 Å². The number of carbonyl (C=O) groups excluding carboxylic acids is 1. The van der Waals surface area contributed by atoms with E-state index in [-0.39, 0.29) is 23.7 Å². The van der Waals surface area contributed by atoms with Crippen molar-refractivity contribution in [1.82, 2.24) is 9.29 Å². The molecule has 3 aromatic rings. The van der Waals surface area contributed by atoms with E-state index in [0.29, 0.717) is 48.5 Å². The molecule has 1 fully saturated rings. The molecule has 4 rings (SSSR count). The quantitative estimate of drug-likeness (QED) is 0.457. The minimum absolute atomic E-state index is 0.0800. The molecule has 1 aliphatic rings. The molecule has 0 aliphatic carbocycles. The number of ether oxygens (including phenoxy) is 3. The predicted molar refractivity (Wildman–Crippen MR) is 124 cm³/mol. The van der Waals surface area contributed by atoms with Crippen LogP contribution in [0.4, 0.5) is 0 Å². The van der Waals surface area contributed by atoms with E-state index in [0.717, 1.165) is 5.56 Å². The summed E-state index contributed by atoms with van der Waals surface area (Å²) in [4.78, 5) is 17.1. The van der Waals surface area contributed by atoms with E-state index in [9.17, 15) is 13.2 Å². The van der Waals surface area contributed by atoms with Crippen LogP contribution in [0.2, 0.25) is 0 Å². The number of carbonyl (C=O) groups is 1. The molecule has 1 aliphatic heterocycles. The topological polar surface area (TPSA) is 95.0 Å². The fourth-order valence-electron chi connectivity index (χ4n) is 3.37. The minimum atomic E-state index is -3.54. The fraction of sp³-hybridized carbons (Fsp3) is 0.304. The normalized spacial score (nSPS) is 14.7. The second kappa shape index (κ2) is 10.4. The Balaban J connectivity index is 1.37. The zero-order chi connectivity index (χ0) is 23.3. The van der Waals surface area contributed by atoms with E-state index < -0.39 is 10.0 Å². The Kier molecular flexibility index (Phi) is 7.39. The summed E-state index contributed by atoms with van der Waals surface area (Å²) in [5, 5.41) is 2.53. The highest BCUT2D eigenvalue weighted by Crippen LogP contribution is 2.27. The van der Waals surface area contributed by atoms with Gasteiger partial charge >= 0.3 is 0 Å². The van der Waals surface area contributed by atoms with Crippen LogP contribution in [0.3, 0.4) is 0 Å². The van der Waals surface area contributed by atoms with Gasteiger partial charge in [0, 0.05) is 24.0 Å². The number of nitrogens with zero attached hydrogens (tertiary/aromatic N) is 2. The van der Waals surface area contributed by atoms with Crippen LogP contribution in [-0.4, -0.2) is 63.5 Å². The summed E-state index contributed by atoms with van der Waals surface area (Å²) in [6, 6.07) is 13.8. The highest BCUT2D eigenvalue weighted by Gasteiger charge is 2.26. The zero-order valence-corrected chi connectivity index (χ0v) is 19.7. The number of thiazole rings is 1. The van der Waals surface area contributed by atoms with Crippen LogP contribution < -0.4 is 9.47 Å². The Morgan fingerprint density at radius 3 is 2.48 bits per heavy atom. The van der Waals surface area contributed by atoms with Gasteiger partial charge in [0.1, 0.15) is 11.6 Å². The SMILES string of the molecule is COc1ccccc1OCC(=O)Cc1nc(-c2ccc(S(=O)(=O)N3CCOCC3)cc2)cs1. The van der Waals surface area contributed by atoms with Crippen molar-refractivity contribution in [2.45, 2.75) is 11.3 Å². The number of hydrogen-bond donors (Lipinski definition) is 0. The molecule has 0 saturated carbocycles. The van der Waals surface area contributed by atoms with Crippen LogP contribution >= 0.6 is 11.3 Å². The third kappa shape index (κ3) is 5.59. The summed E-state index contributed by atoms with van der Waals surface area (Å²) < 4.78 is 43.0. The van der Waals surface area contributed by atoms with E-state index >= 15 is 0 Å². The average Bonchev–Trinajstić information content (AvgIpc) is 3.32. The first-order valence-corrected chi connectivity index (χ1v) is 12.7. The smallest absolute Gasteiger partial charge is 0.243 e. The van der Waals surface area contributed by atoms with Crippen LogP contribution in [-0.2, 0) is 26.0 Å². The van der Waals surface area contributed by atoms with Gasteiger partial charge in [-0.1, -0.05) is 24.3 Å². The van der Waals surface area contributed by atoms with Gasteiger partial charge in [-0.2, -0.15) is 4.31 Å². The maximum Gasteiger partial charge on any atom is 0.243 e.